The molecule has 0 aliphatic carbocycles. The van der Waals surface area contributed by atoms with Gasteiger partial charge in [0, 0.05) is 25.4 Å². The first-order valence-electron chi connectivity index (χ1n) is 8.07. The summed E-state index contributed by atoms with van der Waals surface area (Å²) in [7, 11) is 0. The molecule has 2 aromatic rings. The van der Waals surface area contributed by atoms with Gasteiger partial charge in [0.25, 0.3) is 0 Å². The van der Waals surface area contributed by atoms with E-state index in [-0.39, 0.29) is 6.54 Å². The van der Waals surface area contributed by atoms with E-state index in [1.54, 1.807) is 9.58 Å². The van der Waals surface area contributed by atoms with Gasteiger partial charge in [0.2, 0.25) is 0 Å². The van der Waals surface area contributed by atoms with E-state index < -0.39 is 5.97 Å². The number of aliphatic carboxylic acids is 1. The van der Waals surface area contributed by atoms with Crippen molar-refractivity contribution in [3.8, 4) is 0 Å². The van der Waals surface area contributed by atoms with Crippen molar-refractivity contribution < 1.29 is 14.6 Å². The lowest BCUT2D eigenvalue weighted by molar-refractivity contribution is -0.135. The molecule has 128 valence electrons. The largest absolute Gasteiger partial charge is 0.480 e. The summed E-state index contributed by atoms with van der Waals surface area (Å²) in [5.41, 5.74) is 0.834. The van der Waals surface area contributed by atoms with Gasteiger partial charge in [-0.15, -0.1) is 5.10 Å². The van der Waals surface area contributed by atoms with E-state index >= 15 is 0 Å². The number of hydrogen-bond donors (Lipinski definition) is 1. The van der Waals surface area contributed by atoms with E-state index in [1.807, 2.05) is 30.3 Å². The van der Waals surface area contributed by atoms with E-state index in [9.17, 15) is 9.90 Å². The minimum absolute atomic E-state index is 0.103. The van der Waals surface area contributed by atoms with Crippen LogP contribution in [0.5, 0.6) is 0 Å². The van der Waals surface area contributed by atoms with Gasteiger partial charge in [-0.25, -0.2) is 4.68 Å². The smallest absolute Gasteiger partial charge is 0.323 e. The van der Waals surface area contributed by atoms with Gasteiger partial charge in [0.05, 0.1) is 6.54 Å². The molecule has 1 N–H and O–H groups in total. The number of aromatic nitrogens is 4. The summed E-state index contributed by atoms with van der Waals surface area (Å²) in [5.74, 6) is 0.277. The van der Waals surface area contributed by atoms with Crippen molar-refractivity contribution in [1.29, 1.82) is 0 Å². The first-order valence-corrected chi connectivity index (χ1v) is 8.07. The normalized spacial score (nSPS) is 15.3. The van der Waals surface area contributed by atoms with Gasteiger partial charge in [-0.3, -0.25) is 4.79 Å². The molecule has 1 aromatic carbocycles. The minimum atomic E-state index is -0.887. The van der Waals surface area contributed by atoms with Gasteiger partial charge in [0.1, 0.15) is 6.54 Å². The summed E-state index contributed by atoms with van der Waals surface area (Å²) in [5, 5.41) is 21.1. The number of carboxylic acids is 1. The third-order valence-corrected chi connectivity index (χ3v) is 4.16. The maximum absolute atomic E-state index is 11.2. The molecule has 1 aliphatic heterocycles. The Hall–Kier alpha value is -2.48. The molecule has 1 fully saturated rings. The van der Waals surface area contributed by atoms with E-state index in [1.165, 1.54) is 0 Å². The molecule has 24 heavy (non-hydrogen) atoms. The fourth-order valence-electron chi connectivity index (χ4n) is 2.86. The van der Waals surface area contributed by atoms with Crippen LogP contribution < -0.4 is 4.90 Å². The lowest BCUT2D eigenvalue weighted by Crippen LogP contribution is -2.31. The molecule has 1 aromatic heterocycles. The Kier molecular flexibility index (Phi) is 5.37. The highest BCUT2D eigenvalue weighted by Gasteiger charge is 2.19. The molecule has 8 nitrogen and oxygen atoms in total. The standard InChI is InChI=1S/C16H21N5O3/c22-16(23)12-20(14-4-2-1-3-5-14)11-15-17-18-19-21(15)10-13-6-8-24-9-7-13/h1-5,13H,6-12H2,(H,22,23). The van der Waals surface area contributed by atoms with Crippen molar-refractivity contribution in [2.75, 3.05) is 24.7 Å². The number of ether oxygens (including phenoxy) is 1. The van der Waals surface area contributed by atoms with E-state index in [0.29, 0.717) is 18.3 Å². The number of carbonyl (C=O) groups is 1. The molecule has 0 spiro atoms. The summed E-state index contributed by atoms with van der Waals surface area (Å²) in [6.45, 7) is 2.54. The lowest BCUT2D eigenvalue weighted by atomic mass is 10.0. The van der Waals surface area contributed by atoms with Crippen LogP contribution in [0.15, 0.2) is 30.3 Å². The van der Waals surface area contributed by atoms with Crippen molar-refractivity contribution in [3.05, 3.63) is 36.2 Å². The predicted octanol–water partition coefficient (Wildman–Crippen LogP) is 1.19. The average molecular weight is 331 g/mol. The number of tetrazole rings is 1. The molecule has 2 heterocycles. The number of carboxylic acid groups (broad SMARTS) is 1. The Morgan fingerprint density at radius 2 is 2.04 bits per heavy atom. The molecule has 1 aliphatic rings. The number of hydrogen-bond acceptors (Lipinski definition) is 6. The predicted molar refractivity (Wildman–Crippen MR) is 86.5 cm³/mol. The fraction of sp³-hybridized carbons (Fsp3) is 0.500. The molecule has 0 amide bonds. The molecule has 8 heteroatoms. The molecular formula is C16H21N5O3. The van der Waals surface area contributed by atoms with E-state index in [0.717, 1.165) is 38.3 Å². The lowest BCUT2D eigenvalue weighted by Gasteiger charge is -2.24. The molecule has 1 saturated heterocycles. The molecular weight excluding hydrogens is 310 g/mol. The Bertz CT molecular complexity index is 655. The van der Waals surface area contributed by atoms with Gasteiger partial charge in [-0.2, -0.15) is 0 Å². The third kappa shape index (κ3) is 4.29. The second-order valence-corrected chi connectivity index (χ2v) is 5.92. The zero-order chi connectivity index (χ0) is 16.8. The Balaban J connectivity index is 1.73. The molecule has 3 rings (SSSR count). The summed E-state index contributed by atoms with van der Waals surface area (Å²) in [6.07, 6.45) is 1.99. The van der Waals surface area contributed by atoms with Crippen molar-refractivity contribution in [3.63, 3.8) is 0 Å². The second-order valence-electron chi connectivity index (χ2n) is 5.92. The number of rotatable bonds is 7. The van der Waals surface area contributed by atoms with Crippen LogP contribution in [0.3, 0.4) is 0 Å². The first kappa shape index (κ1) is 16.4. The second kappa shape index (κ2) is 7.87. The van der Waals surface area contributed by atoms with Gasteiger partial charge in [-0.05, 0) is 41.3 Å². The highest BCUT2D eigenvalue weighted by molar-refractivity contribution is 5.73. The number of benzene rings is 1. The number of para-hydroxylation sites is 1. The highest BCUT2D eigenvalue weighted by atomic mass is 16.5. The Morgan fingerprint density at radius 3 is 2.75 bits per heavy atom. The number of anilines is 1. The highest BCUT2D eigenvalue weighted by Crippen LogP contribution is 2.19. The molecule has 0 atom stereocenters. The van der Waals surface area contributed by atoms with Crippen molar-refractivity contribution >= 4 is 11.7 Å². The van der Waals surface area contributed by atoms with Crippen LogP contribution in [0, 0.1) is 5.92 Å². The average Bonchev–Trinajstić information content (AvgIpc) is 3.02. The monoisotopic (exact) mass is 331 g/mol. The Morgan fingerprint density at radius 1 is 1.29 bits per heavy atom. The topological polar surface area (TPSA) is 93.4 Å². The van der Waals surface area contributed by atoms with Crippen LogP contribution in [-0.4, -0.2) is 51.0 Å². The Labute approximate surface area is 140 Å². The first-order chi connectivity index (χ1) is 11.7. The van der Waals surface area contributed by atoms with Crippen LogP contribution in [-0.2, 0) is 22.6 Å². The van der Waals surface area contributed by atoms with Crippen LogP contribution in [0.25, 0.3) is 0 Å². The molecule has 0 saturated carbocycles. The van der Waals surface area contributed by atoms with Gasteiger partial charge in [0.15, 0.2) is 5.82 Å². The summed E-state index contributed by atoms with van der Waals surface area (Å²) in [6, 6.07) is 9.44. The zero-order valence-electron chi connectivity index (χ0n) is 13.4. The maximum Gasteiger partial charge on any atom is 0.323 e. The SMILES string of the molecule is O=C(O)CN(Cc1nnnn1CC1CCOCC1)c1ccccc1. The third-order valence-electron chi connectivity index (χ3n) is 4.16. The van der Waals surface area contributed by atoms with Crippen molar-refractivity contribution in [2.45, 2.75) is 25.9 Å². The molecule has 0 bridgehead atoms. The quantitative estimate of drug-likeness (QED) is 0.814. The zero-order valence-corrected chi connectivity index (χ0v) is 13.4. The van der Waals surface area contributed by atoms with Gasteiger partial charge < -0.3 is 14.7 Å². The van der Waals surface area contributed by atoms with Crippen LogP contribution >= 0.6 is 0 Å². The fourth-order valence-corrected chi connectivity index (χ4v) is 2.86. The van der Waals surface area contributed by atoms with Crippen molar-refractivity contribution in [2.24, 2.45) is 5.92 Å². The summed E-state index contributed by atoms with van der Waals surface area (Å²) < 4.78 is 7.17. The number of nitrogens with zero attached hydrogens (tertiary/aromatic N) is 5. The van der Waals surface area contributed by atoms with Crippen LogP contribution in [0.2, 0.25) is 0 Å². The van der Waals surface area contributed by atoms with Crippen LogP contribution in [0.4, 0.5) is 5.69 Å². The molecule has 0 radical (unpaired) electrons. The summed E-state index contributed by atoms with van der Waals surface area (Å²) in [4.78, 5) is 13.0. The van der Waals surface area contributed by atoms with Gasteiger partial charge in [-0.1, -0.05) is 18.2 Å². The van der Waals surface area contributed by atoms with Crippen LogP contribution in [0.1, 0.15) is 18.7 Å². The molecule has 0 unspecified atom stereocenters. The van der Waals surface area contributed by atoms with Crippen molar-refractivity contribution in [1.82, 2.24) is 20.2 Å². The maximum atomic E-state index is 11.2. The minimum Gasteiger partial charge on any atom is -0.480 e. The van der Waals surface area contributed by atoms with E-state index in [4.69, 9.17) is 4.74 Å². The van der Waals surface area contributed by atoms with E-state index in [2.05, 4.69) is 15.5 Å². The summed E-state index contributed by atoms with van der Waals surface area (Å²) >= 11 is 0. The van der Waals surface area contributed by atoms with Gasteiger partial charge >= 0.3 is 5.97 Å².